The van der Waals surface area contributed by atoms with Gasteiger partial charge in [0, 0.05) is 5.56 Å². The van der Waals surface area contributed by atoms with Gasteiger partial charge >= 0.3 is 5.97 Å². The number of hydrogen-bond acceptors (Lipinski definition) is 5. The van der Waals surface area contributed by atoms with Crippen LogP contribution >= 0.6 is 11.6 Å². The average Bonchev–Trinajstić information content (AvgIpc) is 2.76. The number of carboxylic acid groups (broad SMARTS) is 1. The zero-order valence-corrected chi connectivity index (χ0v) is 9.52. The van der Waals surface area contributed by atoms with Gasteiger partial charge in [0.25, 0.3) is 0 Å². The smallest absolute Gasteiger partial charge is 0.337 e. The van der Waals surface area contributed by atoms with Crippen molar-refractivity contribution in [1.82, 2.24) is 0 Å². The molecule has 1 unspecified atom stereocenters. The number of aliphatic hydroxyl groups excluding tert-OH is 1. The number of aliphatic hydroxyl groups is 1. The zero-order valence-electron chi connectivity index (χ0n) is 8.77. The van der Waals surface area contributed by atoms with E-state index in [1.165, 1.54) is 13.2 Å². The molecule has 1 aliphatic heterocycles. The molecule has 1 aromatic rings. The molecule has 0 amide bonds. The first kappa shape index (κ1) is 11.8. The molecule has 92 valence electrons. The summed E-state index contributed by atoms with van der Waals surface area (Å²) in [6, 6.07) is 1.34. The maximum Gasteiger partial charge on any atom is 0.337 e. The Hall–Kier alpha value is -1.66. The summed E-state index contributed by atoms with van der Waals surface area (Å²) in [6.07, 6.45) is -1.74. The molecule has 17 heavy (non-hydrogen) atoms. The van der Waals surface area contributed by atoms with Crippen LogP contribution in [0.25, 0.3) is 0 Å². The van der Waals surface area contributed by atoms with E-state index in [1.807, 2.05) is 0 Å². The van der Waals surface area contributed by atoms with Crippen molar-refractivity contribution in [3.05, 3.63) is 16.7 Å². The van der Waals surface area contributed by atoms with Crippen molar-refractivity contribution in [2.24, 2.45) is 0 Å². The Kier molecular flexibility index (Phi) is 2.99. The molecular weight excluding hydrogens is 252 g/mol. The number of aliphatic carboxylic acids is 1. The van der Waals surface area contributed by atoms with Crippen LogP contribution in [0, 0.1) is 0 Å². The van der Waals surface area contributed by atoms with E-state index in [2.05, 4.69) is 0 Å². The fraction of sp³-hybridized carbons (Fsp3) is 0.300. The molecule has 0 bridgehead atoms. The molecule has 6 nitrogen and oxygen atoms in total. The van der Waals surface area contributed by atoms with Crippen LogP contribution in [0.4, 0.5) is 0 Å². The third-order valence-corrected chi connectivity index (χ3v) is 2.66. The van der Waals surface area contributed by atoms with Gasteiger partial charge in [0.05, 0.1) is 7.11 Å². The summed E-state index contributed by atoms with van der Waals surface area (Å²) in [6.45, 7) is -0.00910. The highest BCUT2D eigenvalue weighted by Crippen LogP contribution is 2.48. The lowest BCUT2D eigenvalue weighted by Gasteiger charge is -2.14. The Morgan fingerprint density at radius 2 is 2.29 bits per heavy atom. The third kappa shape index (κ3) is 1.85. The van der Waals surface area contributed by atoms with E-state index in [1.54, 1.807) is 0 Å². The predicted molar refractivity (Wildman–Crippen MR) is 56.7 cm³/mol. The molecule has 0 saturated heterocycles. The van der Waals surface area contributed by atoms with E-state index >= 15 is 0 Å². The molecule has 0 radical (unpaired) electrons. The second-order valence-electron chi connectivity index (χ2n) is 3.29. The number of hydrogen-bond donors (Lipinski definition) is 2. The van der Waals surface area contributed by atoms with Crippen LogP contribution in [0.3, 0.4) is 0 Å². The van der Waals surface area contributed by atoms with Crippen molar-refractivity contribution in [3.63, 3.8) is 0 Å². The summed E-state index contributed by atoms with van der Waals surface area (Å²) < 4.78 is 15.2. The van der Waals surface area contributed by atoms with Gasteiger partial charge in [-0.05, 0) is 6.07 Å². The molecule has 0 aliphatic carbocycles. The van der Waals surface area contributed by atoms with Crippen molar-refractivity contribution in [2.45, 2.75) is 6.10 Å². The highest BCUT2D eigenvalue weighted by molar-refractivity contribution is 6.34. The fourth-order valence-corrected chi connectivity index (χ4v) is 1.88. The summed E-state index contributed by atoms with van der Waals surface area (Å²) in [5, 5.41) is 18.4. The Balaban J connectivity index is 2.59. The minimum Gasteiger partial charge on any atom is -0.495 e. The number of fused-ring (bicyclic) bond motifs is 1. The number of carbonyl (C=O) groups is 1. The maximum atomic E-state index is 10.8. The topological polar surface area (TPSA) is 85.2 Å². The second-order valence-corrected chi connectivity index (χ2v) is 3.67. The molecule has 0 fully saturated rings. The molecule has 1 atom stereocenters. The van der Waals surface area contributed by atoms with E-state index in [-0.39, 0.29) is 34.6 Å². The van der Waals surface area contributed by atoms with Crippen LogP contribution in [0.15, 0.2) is 6.07 Å². The summed E-state index contributed by atoms with van der Waals surface area (Å²) in [7, 11) is 1.32. The molecule has 0 aromatic heterocycles. The Morgan fingerprint density at radius 1 is 1.59 bits per heavy atom. The SMILES string of the molecule is COc1c(C(O)C(=O)O)cc2c(c1Cl)OCO2. The van der Waals surface area contributed by atoms with Crippen LogP contribution in [0.5, 0.6) is 17.2 Å². The molecule has 0 saturated carbocycles. The molecule has 0 spiro atoms. The van der Waals surface area contributed by atoms with Crippen LogP contribution < -0.4 is 14.2 Å². The fourth-order valence-electron chi connectivity index (χ4n) is 1.55. The van der Waals surface area contributed by atoms with E-state index < -0.39 is 12.1 Å². The summed E-state index contributed by atoms with van der Waals surface area (Å²) >= 11 is 5.97. The van der Waals surface area contributed by atoms with Gasteiger partial charge in [-0.2, -0.15) is 0 Å². The standard InChI is InChI=1S/C10H9ClO6/c1-15-8-4(7(12)10(13)14)2-5-9(6(8)11)17-3-16-5/h2,7,12H,3H2,1H3,(H,13,14). The van der Waals surface area contributed by atoms with Gasteiger partial charge in [-0.3, -0.25) is 0 Å². The summed E-state index contributed by atoms with van der Waals surface area (Å²) in [4.78, 5) is 10.8. The summed E-state index contributed by atoms with van der Waals surface area (Å²) in [5.41, 5.74) is 0.0225. The predicted octanol–water partition coefficient (Wildman–Crippen LogP) is 1.20. The van der Waals surface area contributed by atoms with Crippen LogP contribution in [-0.2, 0) is 4.79 Å². The first-order valence-electron chi connectivity index (χ1n) is 4.63. The van der Waals surface area contributed by atoms with E-state index in [4.69, 9.17) is 30.9 Å². The van der Waals surface area contributed by atoms with Crippen LogP contribution in [0.1, 0.15) is 11.7 Å². The maximum absolute atomic E-state index is 10.8. The highest BCUT2D eigenvalue weighted by atomic mass is 35.5. The summed E-state index contributed by atoms with van der Waals surface area (Å²) in [5.74, 6) is -0.778. The largest absolute Gasteiger partial charge is 0.495 e. The van der Waals surface area contributed by atoms with Crippen molar-refractivity contribution < 1.29 is 29.2 Å². The molecular formula is C10H9ClO6. The Labute approximate surface area is 101 Å². The monoisotopic (exact) mass is 260 g/mol. The average molecular weight is 261 g/mol. The van der Waals surface area contributed by atoms with E-state index in [0.29, 0.717) is 0 Å². The van der Waals surface area contributed by atoms with Gasteiger partial charge in [-0.25, -0.2) is 4.79 Å². The first-order chi connectivity index (χ1) is 8.06. The highest BCUT2D eigenvalue weighted by Gasteiger charge is 2.29. The second kappa shape index (κ2) is 4.31. The van der Waals surface area contributed by atoms with Crippen LogP contribution in [0.2, 0.25) is 5.02 Å². The zero-order chi connectivity index (χ0) is 12.6. The minimum atomic E-state index is -1.74. The normalized spacial score (nSPS) is 14.5. The lowest BCUT2D eigenvalue weighted by molar-refractivity contribution is -0.147. The van der Waals surface area contributed by atoms with E-state index in [0.717, 1.165) is 0 Å². The van der Waals surface area contributed by atoms with Crippen LogP contribution in [-0.4, -0.2) is 30.1 Å². The van der Waals surface area contributed by atoms with Gasteiger partial charge < -0.3 is 24.4 Å². The number of methoxy groups -OCH3 is 1. The lowest BCUT2D eigenvalue weighted by atomic mass is 10.1. The van der Waals surface area contributed by atoms with Gasteiger partial charge in [0.15, 0.2) is 17.6 Å². The van der Waals surface area contributed by atoms with Gasteiger partial charge in [-0.1, -0.05) is 11.6 Å². The number of rotatable bonds is 3. The molecule has 1 heterocycles. The number of benzene rings is 1. The lowest BCUT2D eigenvalue weighted by Crippen LogP contribution is -2.12. The van der Waals surface area contributed by atoms with Crippen molar-refractivity contribution in [1.29, 1.82) is 0 Å². The third-order valence-electron chi connectivity index (χ3n) is 2.32. The number of ether oxygens (including phenoxy) is 3. The Morgan fingerprint density at radius 3 is 2.88 bits per heavy atom. The molecule has 2 N–H and O–H groups in total. The van der Waals surface area contributed by atoms with Gasteiger partial charge in [0.2, 0.25) is 6.79 Å². The number of carboxylic acids is 1. The Bertz CT molecular complexity index is 472. The molecule has 7 heteroatoms. The van der Waals surface area contributed by atoms with Crippen molar-refractivity contribution >= 4 is 17.6 Å². The molecule has 1 aromatic carbocycles. The minimum absolute atomic E-state index is 0.00910. The van der Waals surface area contributed by atoms with Gasteiger partial charge in [0.1, 0.15) is 10.8 Å². The van der Waals surface area contributed by atoms with E-state index in [9.17, 15) is 9.90 Å². The number of halogens is 1. The molecule has 2 rings (SSSR count). The first-order valence-corrected chi connectivity index (χ1v) is 5.01. The van der Waals surface area contributed by atoms with Gasteiger partial charge in [-0.15, -0.1) is 0 Å². The van der Waals surface area contributed by atoms with Crippen molar-refractivity contribution in [3.8, 4) is 17.2 Å². The quantitative estimate of drug-likeness (QED) is 0.849. The van der Waals surface area contributed by atoms with Crippen molar-refractivity contribution in [2.75, 3.05) is 13.9 Å². The molecule has 1 aliphatic rings.